The summed E-state index contributed by atoms with van der Waals surface area (Å²) in [5.74, 6) is 0. The van der Waals surface area contributed by atoms with Crippen LogP contribution in [0.4, 0.5) is 5.69 Å². The van der Waals surface area contributed by atoms with Crippen LogP contribution in [0.5, 0.6) is 0 Å². The number of sulfonamides is 1. The Kier molecular flexibility index (Phi) is 3.88. The Morgan fingerprint density at radius 3 is 2.74 bits per heavy atom. The first-order valence-electron chi connectivity index (χ1n) is 5.63. The number of aromatic nitrogens is 1. The number of aryl methyl sites for hydroxylation is 1. The number of rotatable bonds is 4. The second-order valence-electron chi connectivity index (χ2n) is 4.27. The van der Waals surface area contributed by atoms with Crippen molar-refractivity contribution >= 4 is 27.0 Å². The second-order valence-corrected chi connectivity index (χ2v) is 6.72. The van der Waals surface area contributed by atoms with Crippen LogP contribution < -0.4 is 10.5 Å². The van der Waals surface area contributed by atoms with Crippen molar-refractivity contribution in [1.82, 2.24) is 9.71 Å². The lowest BCUT2D eigenvalue weighted by atomic mass is 10.1. The van der Waals surface area contributed by atoms with Crippen LogP contribution in [-0.2, 0) is 16.6 Å². The Morgan fingerprint density at radius 1 is 1.37 bits per heavy atom. The lowest BCUT2D eigenvalue weighted by molar-refractivity contribution is 0.580. The molecule has 0 amide bonds. The monoisotopic (exact) mass is 297 g/mol. The van der Waals surface area contributed by atoms with Crippen molar-refractivity contribution in [2.45, 2.75) is 25.3 Å². The number of benzene rings is 1. The molecule has 7 heteroatoms. The van der Waals surface area contributed by atoms with Gasteiger partial charge in [0.1, 0.15) is 0 Å². The van der Waals surface area contributed by atoms with E-state index in [1.807, 2.05) is 6.92 Å². The van der Waals surface area contributed by atoms with Gasteiger partial charge in [0.05, 0.1) is 22.6 Å². The third-order valence-electron chi connectivity index (χ3n) is 2.86. The molecule has 1 heterocycles. The van der Waals surface area contributed by atoms with Gasteiger partial charge in [0.15, 0.2) is 0 Å². The molecule has 0 atom stereocenters. The zero-order chi connectivity index (χ0) is 14.0. The van der Waals surface area contributed by atoms with Gasteiger partial charge in [-0.2, -0.15) is 0 Å². The summed E-state index contributed by atoms with van der Waals surface area (Å²) in [4.78, 5) is 4.26. The summed E-state index contributed by atoms with van der Waals surface area (Å²) in [5.41, 5.74) is 10.1. The van der Waals surface area contributed by atoms with Crippen molar-refractivity contribution < 1.29 is 8.42 Å². The van der Waals surface area contributed by atoms with Gasteiger partial charge >= 0.3 is 0 Å². The summed E-state index contributed by atoms with van der Waals surface area (Å²) in [5, 5.41) is 1.81. The summed E-state index contributed by atoms with van der Waals surface area (Å²) in [6.45, 7) is 3.79. The predicted octanol–water partition coefficient (Wildman–Crippen LogP) is 1.82. The highest BCUT2D eigenvalue weighted by atomic mass is 32.2. The third-order valence-corrected chi connectivity index (χ3v) is 5.02. The number of nitrogen functional groups attached to an aromatic ring is 1. The van der Waals surface area contributed by atoms with E-state index in [4.69, 9.17) is 5.73 Å². The first-order chi connectivity index (χ1) is 8.90. The molecule has 0 aliphatic carbocycles. The van der Waals surface area contributed by atoms with E-state index in [2.05, 4.69) is 9.71 Å². The molecule has 19 heavy (non-hydrogen) atoms. The van der Waals surface area contributed by atoms with Crippen LogP contribution in [-0.4, -0.2) is 13.4 Å². The van der Waals surface area contributed by atoms with E-state index >= 15 is 0 Å². The topological polar surface area (TPSA) is 85.1 Å². The maximum absolute atomic E-state index is 12.3. The molecule has 0 saturated heterocycles. The SMILES string of the molecule is Cc1cc(N)cc(S(=O)(=O)NCc2cscn2)c1C. The van der Waals surface area contributed by atoms with Crippen molar-refractivity contribution in [3.63, 3.8) is 0 Å². The molecular weight excluding hydrogens is 282 g/mol. The van der Waals surface area contributed by atoms with Gasteiger partial charge in [-0.05, 0) is 37.1 Å². The number of nitrogens with one attached hydrogen (secondary N) is 1. The molecule has 3 N–H and O–H groups in total. The van der Waals surface area contributed by atoms with Gasteiger partial charge in [0.2, 0.25) is 10.0 Å². The summed E-state index contributed by atoms with van der Waals surface area (Å²) in [6.07, 6.45) is 0. The van der Waals surface area contributed by atoms with E-state index in [0.29, 0.717) is 16.9 Å². The predicted molar refractivity (Wildman–Crippen MR) is 76.5 cm³/mol. The summed E-state index contributed by atoms with van der Waals surface area (Å²) < 4.78 is 27.1. The molecule has 1 aromatic carbocycles. The fourth-order valence-electron chi connectivity index (χ4n) is 1.70. The van der Waals surface area contributed by atoms with Crippen molar-refractivity contribution in [1.29, 1.82) is 0 Å². The Morgan fingerprint density at radius 2 is 2.11 bits per heavy atom. The molecule has 2 rings (SSSR count). The average Bonchev–Trinajstić information content (AvgIpc) is 2.84. The molecule has 0 aliphatic heterocycles. The number of nitrogens with zero attached hydrogens (tertiary/aromatic N) is 1. The van der Waals surface area contributed by atoms with Gasteiger partial charge in [-0.3, -0.25) is 0 Å². The fourth-order valence-corrected chi connectivity index (χ4v) is 3.61. The van der Waals surface area contributed by atoms with E-state index in [0.717, 1.165) is 5.56 Å². The Bertz CT molecular complexity index is 679. The molecule has 0 bridgehead atoms. The number of hydrogen-bond donors (Lipinski definition) is 2. The Balaban J connectivity index is 2.29. The van der Waals surface area contributed by atoms with Crippen LogP contribution >= 0.6 is 11.3 Å². The number of anilines is 1. The molecule has 1 aromatic heterocycles. The minimum atomic E-state index is -3.58. The van der Waals surface area contributed by atoms with Gasteiger partial charge in [-0.15, -0.1) is 11.3 Å². The van der Waals surface area contributed by atoms with E-state index in [1.165, 1.54) is 17.4 Å². The standard InChI is InChI=1S/C12H15N3O2S2/c1-8-3-10(13)4-12(9(8)2)19(16,17)15-5-11-6-18-7-14-11/h3-4,6-7,15H,5,13H2,1-2H3. The molecule has 0 spiro atoms. The van der Waals surface area contributed by atoms with Gasteiger partial charge in [0.25, 0.3) is 0 Å². The van der Waals surface area contributed by atoms with Gasteiger partial charge < -0.3 is 5.73 Å². The van der Waals surface area contributed by atoms with Crippen LogP contribution in [0.1, 0.15) is 16.8 Å². The van der Waals surface area contributed by atoms with Gasteiger partial charge in [0, 0.05) is 11.1 Å². The minimum Gasteiger partial charge on any atom is -0.399 e. The number of nitrogens with two attached hydrogens (primary N) is 1. The number of thiazole rings is 1. The molecule has 102 valence electrons. The molecule has 2 aromatic rings. The summed E-state index contributed by atoms with van der Waals surface area (Å²) >= 11 is 1.43. The molecule has 0 aliphatic rings. The second kappa shape index (κ2) is 5.28. The lowest BCUT2D eigenvalue weighted by Gasteiger charge is -2.11. The highest BCUT2D eigenvalue weighted by Gasteiger charge is 2.18. The largest absolute Gasteiger partial charge is 0.399 e. The maximum Gasteiger partial charge on any atom is 0.241 e. The van der Waals surface area contributed by atoms with Crippen LogP contribution in [0.2, 0.25) is 0 Å². The summed E-state index contributed by atoms with van der Waals surface area (Å²) in [6, 6.07) is 3.24. The minimum absolute atomic E-state index is 0.180. The molecule has 0 saturated carbocycles. The zero-order valence-corrected chi connectivity index (χ0v) is 12.3. The molecule has 0 fully saturated rings. The van der Waals surface area contributed by atoms with Crippen molar-refractivity contribution in [3.05, 3.63) is 39.8 Å². The molecule has 5 nitrogen and oxygen atoms in total. The highest BCUT2D eigenvalue weighted by Crippen LogP contribution is 2.22. The number of hydrogen-bond acceptors (Lipinski definition) is 5. The third kappa shape index (κ3) is 3.12. The van der Waals surface area contributed by atoms with Crippen LogP contribution in [0.3, 0.4) is 0 Å². The lowest BCUT2D eigenvalue weighted by Crippen LogP contribution is -2.24. The van der Waals surface area contributed by atoms with E-state index in [-0.39, 0.29) is 11.4 Å². The maximum atomic E-state index is 12.3. The fraction of sp³-hybridized carbons (Fsp3) is 0.250. The normalized spacial score (nSPS) is 11.7. The van der Waals surface area contributed by atoms with Crippen LogP contribution in [0.15, 0.2) is 27.9 Å². The van der Waals surface area contributed by atoms with Crippen LogP contribution in [0, 0.1) is 13.8 Å². The van der Waals surface area contributed by atoms with Gasteiger partial charge in [-0.1, -0.05) is 0 Å². The first kappa shape index (κ1) is 14.0. The first-order valence-corrected chi connectivity index (χ1v) is 8.06. The zero-order valence-electron chi connectivity index (χ0n) is 10.7. The van der Waals surface area contributed by atoms with E-state index in [1.54, 1.807) is 23.9 Å². The van der Waals surface area contributed by atoms with Gasteiger partial charge in [-0.25, -0.2) is 18.1 Å². The van der Waals surface area contributed by atoms with Crippen LogP contribution in [0.25, 0.3) is 0 Å². The Labute approximate surface area is 116 Å². The quantitative estimate of drug-likeness (QED) is 0.843. The average molecular weight is 297 g/mol. The van der Waals surface area contributed by atoms with Crippen molar-refractivity contribution in [2.24, 2.45) is 0 Å². The highest BCUT2D eigenvalue weighted by molar-refractivity contribution is 7.89. The molecule has 0 unspecified atom stereocenters. The molecule has 0 radical (unpaired) electrons. The molecular formula is C12H15N3O2S2. The van der Waals surface area contributed by atoms with E-state index < -0.39 is 10.0 Å². The summed E-state index contributed by atoms with van der Waals surface area (Å²) in [7, 11) is -3.58. The van der Waals surface area contributed by atoms with E-state index in [9.17, 15) is 8.42 Å². The van der Waals surface area contributed by atoms with Crippen molar-refractivity contribution in [3.8, 4) is 0 Å². The van der Waals surface area contributed by atoms with Crippen molar-refractivity contribution in [2.75, 3.05) is 5.73 Å². The smallest absolute Gasteiger partial charge is 0.241 e. The Hall–Kier alpha value is -1.44.